The van der Waals surface area contributed by atoms with Crippen LogP contribution >= 0.6 is 0 Å². The molecule has 0 saturated heterocycles. The van der Waals surface area contributed by atoms with E-state index in [0.717, 1.165) is 49.4 Å². The Hall–Kier alpha value is -2.86. The van der Waals surface area contributed by atoms with Crippen molar-refractivity contribution in [2.45, 2.75) is 40.0 Å². The summed E-state index contributed by atoms with van der Waals surface area (Å²) in [6.07, 6.45) is 5.29. The van der Waals surface area contributed by atoms with Crippen molar-refractivity contribution in [2.24, 2.45) is 0 Å². The molecule has 0 fully saturated rings. The molecule has 1 aromatic heterocycles. The number of aromatic nitrogens is 2. The van der Waals surface area contributed by atoms with Crippen LogP contribution in [0.25, 0.3) is 10.9 Å². The fraction of sp³-hybridized carbons (Fsp3) is 0.417. The van der Waals surface area contributed by atoms with Gasteiger partial charge in [0.1, 0.15) is 5.75 Å². The molecule has 1 heterocycles. The molecule has 2 aromatic carbocycles. The van der Waals surface area contributed by atoms with Crippen LogP contribution in [0.2, 0.25) is 0 Å². The van der Waals surface area contributed by atoms with Crippen LogP contribution in [0.15, 0.2) is 42.6 Å². The third kappa shape index (κ3) is 6.07. The smallest absolute Gasteiger partial charge is 0.227 e. The van der Waals surface area contributed by atoms with Crippen LogP contribution in [0, 0.1) is 6.92 Å². The summed E-state index contributed by atoms with van der Waals surface area (Å²) >= 11 is 0. The first-order chi connectivity index (χ1) is 14.6. The Morgan fingerprint density at radius 2 is 1.87 bits per heavy atom. The maximum absolute atomic E-state index is 10.2. The molecule has 0 amide bonds. The van der Waals surface area contributed by atoms with E-state index < -0.39 is 0 Å². The van der Waals surface area contributed by atoms with Crippen molar-refractivity contribution >= 4 is 28.2 Å². The number of nitrogens with one attached hydrogen (secondary N) is 2. The molecule has 3 rings (SSSR count). The number of aromatic hydroxyl groups is 1. The third-order valence-electron chi connectivity index (χ3n) is 5.32. The lowest BCUT2D eigenvalue weighted by atomic mass is 10.2. The van der Waals surface area contributed by atoms with Gasteiger partial charge in [0.15, 0.2) is 0 Å². The van der Waals surface area contributed by atoms with Gasteiger partial charge < -0.3 is 20.6 Å². The molecule has 0 radical (unpaired) electrons. The van der Waals surface area contributed by atoms with Crippen LogP contribution in [0.3, 0.4) is 0 Å². The molecular weight excluding hydrogens is 374 g/mol. The van der Waals surface area contributed by atoms with E-state index in [2.05, 4.69) is 39.3 Å². The van der Waals surface area contributed by atoms with Gasteiger partial charge in [-0.05, 0) is 57.1 Å². The van der Waals surface area contributed by atoms with E-state index in [1.165, 1.54) is 18.4 Å². The van der Waals surface area contributed by atoms with E-state index in [9.17, 15) is 5.11 Å². The number of phenols is 1. The molecule has 6 nitrogen and oxygen atoms in total. The van der Waals surface area contributed by atoms with Gasteiger partial charge in [0.25, 0.3) is 0 Å². The summed E-state index contributed by atoms with van der Waals surface area (Å²) in [6.45, 7) is 10.7. The minimum absolute atomic E-state index is 0.201. The van der Waals surface area contributed by atoms with E-state index >= 15 is 0 Å². The van der Waals surface area contributed by atoms with Crippen molar-refractivity contribution in [3.05, 3.63) is 48.2 Å². The predicted octanol–water partition coefficient (Wildman–Crippen LogP) is 5.31. The lowest BCUT2D eigenvalue weighted by Crippen LogP contribution is -2.23. The lowest BCUT2D eigenvalue weighted by Gasteiger charge is -2.17. The van der Waals surface area contributed by atoms with E-state index in [4.69, 9.17) is 0 Å². The van der Waals surface area contributed by atoms with E-state index in [-0.39, 0.29) is 5.75 Å². The van der Waals surface area contributed by atoms with Gasteiger partial charge in [-0.25, -0.2) is 9.97 Å². The van der Waals surface area contributed by atoms with Gasteiger partial charge in [-0.3, -0.25) is 0 Å². The second kappa shape index (κ2) is 10.8. The van der Waals surface area contributed by atoms with Crippen molar-refractivity contribution in [2.75, 3.05) is 36.8 Å². The Kier molecular flexibility index (Phi) is 7.85. The van der Waals surface area contributed by atoms with Gasteiger partial charge in [0.05, 0.1) is 5.52 Å². The Balaban J connectivity index is 1.61. The molecule has 0 aliphatic heterocycles. The molecule has 6 heteroatoms. The van der Waals surface area contributed by atoms with Crippen molar-refractivity contribution in [1.29, 1.82) is 0 Å². The highest BCUT2D eigenvalue weighted by atomic mass is 16.3. The second-order valence-corrected chi connectivity index (χ2v) is 7.63. The molecule has 3 aromatic rings. The number of anilines is 3. The first-order valence-electron chi connectivity index (χ1n) is 10.9. The summed E-state index contributed by atoms with van der Waals surface area (Å²) in [4.78, 5) is 11.5. The summed E-state index contributed by atoms with van der Waals surface area (Å²) in [5.74, 6) is 0.716. The topological polar surface area (TPSA) is 73.3 Å². The minimum Gasteiger partial charge on any atom is -0.508 e. The lowest BCUT2D eigenvalue weighted by molar-refractivity contribution is 0.296. The molecule has 3 N–H and O–H groups in total. The summed E-state index contributed by atoms with van der Waals surface area (Å²) in [5, 5.41) is 17.7. The first kappa shape index (κ1) is 21.8. The van der Waals surface area contributed by atoms with E-state index in [1.807, 2.05) is 37.4 Å². The van der Waals surface area contributed by atoms with Gasteiger partial charge in [-0.2, -0.15) is 0 Å². The second-order valence-electron chi connectivity index (χ2n) is 7.63. The molecule has 0 spiro atoms. The van der Waals surface area contributed by atoms with Gasteiger partial charge >= 0.3 is 0 Å². The highest BCUT2D eigenvalue weighted by Gasteiger charge is 2.08. The zero-order chi connectivity index (χ0) is 21.3. The number of aryl methyl sites for hydroxylation is 1. The number of hydrogen-bond acceptors (Lipinski definition) is 6. The van der Waals surface area contributed by atoms with Crippen LogP contribution in [0.1, 0.15) is 38.7 Å². The zero-order valence-corrected chi connectivity index (χ0v) is 18.3. The quantitative estimate of drug-likeness (QED) is 0.374. The Morgan fingerprint density at radius 1 is 1.03 bits per heavy atom. The number of rotatable bonds is 11. The fourth-order valence-electron chi connectivity index (χ4n) is 3.58. The Morgan fingerprint density at radius 3 is 2.63 bits per heavy atom. The van der Waals surface area contributed by atoms with Gasteiger partial charge in [-0.1, -0.05) is 32.4 Å². The molecule has 0 aliphatic rings. The SMILES string of the molecule is CCN(CC)CCCCCNc1cc(O)cc2nc(Nc3cccc(C)c3)ncc12. The molecule has 0 bridgehead atoms. The standard InChI is InChI=1S/C24H33N5O/c1-4-29(5-2)13-8-6-7-12-25-22-15-20(30)16-23-21(22)17-26-24(28-23)27-19-11-9-10-18(3)14-19/h9-11,14-17,25,30H,4-8,12-13H2,1-3H3,(H,26,27,28). The molecule has 0 atom stereocenters. The number of unbranched alkanes of at least 4 members (excludes halogenated alkanes) is 2. The average molecular weight is 408 g/mol. The van der Waals surface area contributed by atoms with E-state index in [0.29, 0.717) is 11.5 Å². The van der Waals surface area contributed by atoms with Gasteiger partial charge in [-0.15, -0.1) is 0 Å². The Labute approximate surface area is 179 Å². The maximum atomic E-state index is 10.2. The highest BCUT2D eigenvalue weighted by molar-refractivity contribution is 5.92. The van der Waals surface area contributed by atoms with Gasteiger partial charge in [0, 0.05) is 41.6 Å². The first-order valence-corrected chi connectivity index (χ1v) is 10.9. The monoisotopic (exact) mass is 407 g/mol. The van der Waals surface area contributed by atoms with Crippen LogP contribution in [0.4, 0.5) is 17.3 Å². The van der Waals surface area contributed by atoms with Crippen molar-refractivity contribution in [1.82, 2.24) is 14.9 Å². The fourth-order valence-corrected chi connectivity index (χ4v) is 3.58. The molecule has 0 saturated carbocycles. The summed E-state index contributed by atoms with van der Waals surface area (Å²) in [5.41, 5.74) is 3.69. The minimum atomic E-state index is 0.201. The van der Waals surface area contributed by atoms with Crippen molar-refractivity contribution < 1.29 is 5.11 Å². The average Bonchev–Trinajstić information content (AvgIpc) is 2.73. The maximum Gasteiger partial charge on any atom is 0.227 e. The highest BCUT2D eigenvalue weighted by Crippen LogP contribution is 2.28. The third-order valence-corrected chi connectivity index (χ3v) is 5.32. The molecular formula is C24H33N5O. The van der Waals surface area contributed by atoms with Gasteiger partial charge in [0.2, 0.25) is 5.95 Å². The van der Waals surface area contributed by atoms with Crippen LogP contribution in [-0.2, 0) is 0 Å². The molecule has 0 unspecified atom stereocenters. The molecule has 0 aliphatic carbocycles. The van der Waals surface area contributed by atoms with Crippen molar-refractivity contribution in [3.63, 3.8) is 0 Å². The number of nitrogens with zero attached hydrogens (tertiary/aromatic N) is 3. The van der Waals surface area contributed by atoms with Crippen LogP contribution in [-0.4, -0.2) is 46.2 Å². The normalized spacial score (nSPS) is 11.2. The molecule has 30 heavy (non-hydrogen) atoms. The zero-order valence-electron chi connectivity index (χ0n) is 18.3. The number of phenolic OH excluding ortho intramolecular Hbond substituents is 1. The number of fused-ring (bicyclic) bond motifs is 1. The summed E-state index contributed by atoms with van der Waals surface area (Å²) in [6, 6.07) is 11.5. The van der Waals surface area contributed by atoms with Crippen LogP contribution < -0.4 is 10.6 Å². The summed E-state index contributed by atoms with van der Waals surface area (Å²) < 4.78 is 0. The number of benzene rings is 2. The Bertz CT molecular complexity index is 955. The molecule has 160 valence electrons. The predicted molar refractivity (Wildman–Crippen MR) is 126 cm³/mol. The largest absolute Gasteiger partial charge is 0.508 e. The van der Waals surface area contributed by atoms with Crippen molar-refractivity contribution in [3.8, 4) is 5.75 Å². The van der Waals surface area contributed by atoms with Crippen LogP contribution in [0.5, 0.6) is 5.75 Å². The summed E-state index contributed by atoms with van der Waals surface area (Å²) in [7, 11) is 0. The number of hydrogen-bond donors (Lipinski definition) is 3. The van der Waals surface area contributed by atoms with E-state index in [1.54, 1.807) is 12.1 Å².